The van der Waals surface area contributed by atoms with Gasteiger partial charge in [-0.05, 0) is 25.7 Å². The van der Waals surface area contributed by atoms with Crippen LogP contribution in [0.25, 0.3) is 5.78 Å². The highest BCUT2D eigenvalue weighted by molar-refractivity contribution is 7.99. The number of fused-ring (bicyclic) bond motifs is 1. The molecule has 1 N–H and O–H groups in total. The molecule has 0 bridgehead atoms. The van der Waals surface area contributed by atoms with E-state index in [2.05, 4.69) is 15.2 Å². The molecule has 8 heteroatoms. The number of aromatic amines is 1. The van der Waals surface area contributed by atoms with Crippen molar-refractivity contribution in [2.45, 2.75) is 37.8 Å². The lowest BCUT2D eigenvalue weighted by atomic mass is 10.1. The van der Waals surface area contributed by atoms with Crippen LogP contribution >= 0.6 is 11.8 Å². The molecule has 2 aromatic rings. The number of aryl methyl sites for hydroxylation is 1. The molecule has 22 heavy (non-hydrogen) atoms. The van der Waals surface area contributed by atoms with Gasteiger partial charge in [0, 0.05) is 24.8 Å². The van der Waals surface area contributed by atoms with Crippen molar-refractivity contribution in [2.24, 2.45) is 0 Å². The van der Waals surface area contributed by atoms with Gasteiger partial charge in [-0.1, -0.05) is 18.7 Å². The van der Waals surface area contributed by atoms with E-state index in [0.717, 1.165) is 31.6 Å². The molecule has 0 radical (unpaired) electrons. The van der Waals surface area contributed by atoms with E-state index in [1.807, 2.05) is 16.2 Å². The number of nitrogens with zero attached hydrogens (tertiary/aromatic N) is 4. The van der Waals surface area contributed by atoms with Crippen LogP contribution in [0, 0.1) is 0 Å². The first kappa shape index (κ1) is 15.1. The molecule has 0 unspecified atom stereocenters. The van der Waals surface area contributed by atoms with E-state index >= 15 is 0 Å². The number of likely N-dealkylation sites (tertiary alicyclic amines) is 1. The van der Waals surface area contributed by atoms with Crippen LogP contribution in [0.1, 0.15) is 31.9 Å². The van der Waals surface area contributed by atoms with Crippen molar-refractivity contribution in [3.8, 4) is 0 Å². The number of piperidine rings is 1. The zero-order chi connectivity index (χ0) is 15.5. The standard InChI is InChI=1S/C14H19N5O2S/c1-2-10-8-11(20)15-13-16-17-14(19(10)13)22-9-12(21)18-6-4-3-5-7-18/h8H,2-7,9H2,1H3,(H,15,16,20). The van der Waals surface area contributed by atoms with E-state index in [9.17, 15) is 9.59 Å². The second-order valence-electron chi connectivity index (χ2n) is 5.35. The summed E-state index contributed by atoms with van der Waals surface area (Å²) in [6, 6.07) is 1.55. The maximum absolute atomic E-state index is 12.2. The molecule has 1 amide bonds. The van der Waals surface area contributed by atoms with Gasteiger partial charge in [0.25, 0.3) is 5.56 Å². The van der Waals surface area contributed by atoms with Crippen molar-refractivity contribution < 1.29 is 4.79 Å². The summed E-state index contributed by atoms with van der Waals surface area (Å²) in [5.74, 6) is 0.921. The molecule has 3 rings (SSSR count). The Balaban J connectivity index is 1.76. The van der Waals surface area contributed by atoms with Crippen molar-refractivity contribution in [2.75, 3.05) is 18.8 Å². The lowest BCUT2D eigenvalue weighted by molar-refractivity contribution is -0.129. The molecule has 0 aliphatic carbocycles. The zero-order valence-electron chi connectivity index (χ0n) is 12.5. The summed E-state index contributed by atoms with van der Waals surface area (Å²) in [5, 5.41) is 8.73. The van der Waals surface area contributed by atoms with Crippen molar-refractivity contribution in [3.63, 3.8) is 0 Å². The molecule has 1 saturated heterocycles. The van der Waals surface area contributed by atoms with E-state index in [-0.39, 0.29) is 11.5 Å². The Morgan fingerprint density at radius 3 is 2.82 bits per heavy atom. The fourth-order valence-electron chi connectivity index (χ4n) is 2.69. The van der Waals surface area contributed by atoms with Crippen LogP contribution in [0.4, 0.5) is 0 Å². The van der Waals surface area contributed by atoms with E-state index < -0.39 is 0 Å². The van der Waals surface area contributed by atoms with Crippen LogP contribution < -0.4 is 5.56 Å². The highest BCUT2D eigenvalue weighted by atomic mass is 32.2. The Labute approximate surface area is 132 Å². The molecule has 1 fully saturated rings. The SMILES string of the molecule is CCc1cc(=O)[nH]c2nnc(SCC(=O)N3CCCCC3)n12. The van der Waals surface area contributed by atoms with Crippen LogP contribution in [0.3, 0.4) is 0 Å². The molecule has 0 aromatic carbocycles. The molecule has 1 aliphatic rings. The third-order valence-corrected chi connectivity index (χ3v) is 4.76. The first-order chi connectivity index (χ1) is 10.7. The molecule has 3 heterocycles. The molecular weight excluding hydrogens is 302 g/mol. The van der Waals surface area contributed by atoms with Crippen LogP contribution in [-0.4, -0.2) is 49.2 Å². The van der Waals surface area contributed by atoms with Gasteiger partial charge in [0.1, 0.15) is 0 Å². The number of thioether (sulfide) groups is 1. The molecule has 7 nitrogen and oxygen atoms in total. The molecule has 0 saturated carbocycles. The van der Waals surface area contributed by atoms with E-state index in [0.29, 0.717) is 23.1 Å². The fraction of sp³-hybridized carbons (Fsp3) is 0.571. The fourth-order valence-corrected chi connectivity index (χ4v) is 3.55. The van der Waals surface area contributed by atoms with Crippen LogP contribution in [-0.2, 0) is 11.2 Å². The Morgan fingerprint density at radius 2 is 2.09 bits per heavy atom. The third kappa shape index (κ3) is 3.01. The molecule has 0 spiro atoms. The molecule has 2 aromatic heterocycles. The van der Waals surface area contributed by atoms with Gasteiger partial charge in [0.05, 0.1) is 5.75 Å². The Morgan fingerprint density at radius 1 is 1.32 bits per heavy atom. The molecule has 1 aliphatic heterocycles. The summed E-state index contributed by atoms with van der Waals surface area (Å²) in [6.07, 6.45) is 4.09. The third-order valence-electron chi connectivity index (χ3n) is 3.85. The molecule has 0 atom stereocenters. The summed E-state index contributed by atoms with van der Waals surface area (Å²) in [5.41, 5.74) is 0.661. The van der Waals surface area contributed by atoms with Gasteiger partial charge in [-0.2, -0.15) is 0 Å². The van der Waals surface area contributed by atoms with Crippen LogP contribution in [0.15, 0.2) is 16.0 Å². The topological polar surface area (TPSA) is 83.4 Å². The van der Waals surface area contributed by atoms with E-state index in [1.165, 1.54) is 18.2 Å². The quantitative estimate of drug-likeness (QED) is 0.852. The second kappa shape index (κ2) is 6.51. The van der Waals surface area contributed by atoms with Gasteiger partial charge in [-0.3, -0.25) is 19.0 Å². The molecule has 118 valence electrons. The largest absolute Gasteiger partial charge is 0.342 e. The first-order valence-corrected chi connectivity index (χ1v) is 8.55. The molecular formula is C14H19N5O2S. The van der Waals surface area contributed by atoms with Gasteiger partial charge in [-0.15, -0.1) is 10.2 Å². The number of carbonyl (C=O) groups is 1. The zero-order valence-corrected chi connectivity index (χ0v) is 13.4. The maximum atomic E-state index is 12.2. The summed E-state index contributed by atoms with van der Waals surface area (Å²) >= 11 is 1.37. The van der Waals surface area contributed by atoms with Crippen molar-refractivity contribution in [3.05, 3.63) is 22.1 Å². The Bertz CT molecular complexity index is 732. The first-order valence-electron chi connectivity index (χ1n) is 7.57. The van der Waals surface area contributed by atoms with Crippen LogP contribution in [0.5, 0.6) is 0 Å². The highest BCUT2D eigenvalue weighted by Gasteiger charge is 2.18. The normalized spacial score (nSPS) is 15.4. The van der Waals surface area contributed by atoms with Gasteiger partial charge in [0.15, 0.2) is 5.16 Å². The predicted molar refractivity (Wildman–Crippen MR) is 84.1 cm³/mol. The lowest BCUT2D eigenvalue weighted by Crippen LogP contribution is -2.36. The Kier molecular flexibility index (Phi) is 4.47. The summed E-state index contributed by atoms with van der Waals surface area (Å²) in [7, 11) is 0. The minimum Gasteiger partial charge on any atom is -0.342 e. The van der Waals surface area contributed by atoms with Gasteiger partial charge >= 0.3 is 0 Å². The number of nitrogens with one attached hydrogen (secondary N) is 1. The summed E-state index contributed by atoms with van der Waals surface area (Å²) in [4.78, 5) is 28.3. The lowest BCUT2D eigenvalue weighted by Gasteiger charge is -2.26. The predicted octanol–water partition coefficient (Wildman–Crippen LogP) is 1.08. The number of amides is 1. The van der Waals surface area contributed by atoms with Gasteiger partial charge in [0.2, 0.25) is 11.7 Å². The average Bonchev–Trinajstić information content (AvgIpc) is 2.95. The summed E-state index contributed by atoms with van der Waals surface area (Å²) in [6.45, 7) is 3.68. The van der Waals surface area contributed by atoms with Gasteiger partial charge < -0.3 is 4.90 Å². The van der Waals surface area contributed by atoms with Crippen molar-refractivity contribution in [1.82, 2.24) is 24.5 Å². The minimum absolute atomic E-state index is 0.143. The van der Waals surface area contributed by atoms with Crippen molar-refractivity contribution in [1.29, 1.82) is 0 Å². The highest BCUT2D eigenvalue weighted by Crippen LogP contribution is 2.19. The van der Waals surface area contributed by atoms with Gasteiger partial charge in [-0.25, -0.2) is 0 Å². The monoisotopic (exact) mass is 321 g/mol. The number of H-pyrrole nitrogens is 1. The minimum atomic E-state index is -0.183. The second-order valence-corrected chi connectivity index (χ2v) is 6.29. The number of hydrogen-bond acceptors (Lipinski definition) is 5. The summed E-state index contributed by atoms with van der Waals surface area (Å²) < 4.78 is 1.82. The number of rotatable bonds is 4. The van der Waals surface area contributed by atoms with Crippen LogP contribution in [0.2, 0.25) is 0 Å². The number of aromatic nitrogens is 4. The van der Waals surface area contributed by atoms with E-state index in [1.54, 1.807) is 6.07 Å². The van der Waals surface area contributed by atoms with E-state index in [4.69, 9.17) is 0 Å². The average molecular weight is 321 g/mol. The smallest absolute Gasteiger partial charge is 0.252 e. The number of hydrogen-bond donors (Lipinski definition) is 1. The van der Waals surface area contributed by atoms with Crippen molar-refractivity contribution >= 4 is 23.4 Å². The maximum Gasteiger partial charge on any atom is 0.252 e. The Hall–Kier alpha value is -1.83. The number of carbonyl (C=O) groups excluding carboxylic acids is 1.